The minimum atomic E-state index is 0.857. The van der Waals surface area contributed by atoms with Crippen LogP contribution < -0.4 is 4.90 Å². The van der Waals surface area contributed by atoms with E-state index in [0.717, 1.165) is 72.6 Å². The summed E-state index contributed by atoms with van der Waals surface area (Å²) < 4.78 is 11.4. The third-order valence-electron chi connectivity index (χ3n) is 14.2. The van der Waals surface area contributed by atoms with Crippen molar-refractivity contribution in [2.45, 2.75) is 0 Å². The van der Waals surface area contributed by atoms with Gasteiger partial charge >= 0.3 is 0 Å². The Morgan fingerprint density at radius 1 is 0.271 bits per heavy atom. The van der Waals surface area contributed by atoms with Gasteiger partial charge in [-0.1, -0.05) is 176 Å². The third-order valence-corrected chi connectivity index (χ3v) is 14.2. The fourth-order valence-electron chi connectivity index (χ4n) is 10.8. The van der Waals surface area contributed by atoms with Gasteiger partial charge in [0.1, 0.15) is 5.58 Å². The van der Waals surface area contributed by atoms with Crippen LogP contribution in [0.2, 0.25) is 0 Å². The fourth-order valence-corrected chi connectivity index (χ4v) is 10.8. The molecular formula is C66H43N3O. The average Bonchev–Trinajstić information content (AvgIpc) is 4.10. The van der Waals surface area contributed by atoms with E-state index in [4.69, 9.17) is 4.42 Å². The Kier molecular flexibility index (Phi) is 9.17. The molecule has 0 spiro atoms. The van der Waals surface area contributed by atoms with Crippen molar-refractivity contribution in [2.75, 3.05) is 4.90 Å². The maximum absolute atomic E-state index is 6.66. The number of hydrogen-bond donors (Lipinski definition) is 0. The first-order chi connectivity index (χ1) is 34.7. The molecule has 0 N–H and O–H groups in total. The van der Waals surface area contributed by atoms with E-state index in [2.05, 4.69) is 263 Å². The molecule has 3 aromatic heterocycles. The van der Waals surface area contributed by atoms with Gasteiger partial charge in [-0.15, -0.1) is 0 Å². The summed E-state index contributed by atoms with van der Waals surface area (Å²) in [5.41, 5.74) is 18.9. The highest BCUT2D eigenvalue weighted by Gasteiger charge is 2.20. The lowest BCUT2D eigenvalue weighted by atomic mass is 9.99. The maximum Gasteiger partial charge on any atom is 0.159 e. The van der Waals surface area contributed by atoms with Gasteiger partial charge in [0.05, 0.1) is 27.8 Å². The quantitative estimate of drug-likeness (QED) is 0.152. The van der Waals surface area contributed by atoms with Gasteiger partial charge in [-0.25, -0.2) is 0 Å². The van der Waals surface area contributed by atoms with E-state index in [0.29, 0.717) is 0 Å². The normalized spacial score (nSPS) is 11.7. The molecule has 0 aliphatic carbocycles. The second kappa shape index (κ2) is 16.2. The molecule has 11 aromatic carbocycles. The molecule has 0 unspecified atom stereocenters. The Bertz CT molecular complexity index is 4200. The number of benzene rings is 11. The van der Waals surface area contributed by atoms with E-state index >= 15 is 0 Å². The summed E-state index contributed by atoms with van der Waals surface area (Å²) >= 11 is 0. The van der Waals surface area contributed by atoms with Gasteiger partial charge in [-0.05, 0) is 118 Å². The van der Waals surface area contributed by atoms with Gasteiger partial charge in [-0.3, -0.25) is 0 Å². The van der Waals surface area contributed by atoms with Gasteiger partial charge in [0, 0.05) is 55.1 Å². The molecule has 14 aromatic rings. The second-order valence-electron chi connectivity index (χ2n) is 18.1. The minimum absolute atomic E-state index is 0.857. The summed E-state index contributed by atoms with van der Waals surface area (Å²) in [5, 5.41) is 7.24. The van der Waals surface area contributed by atoms with Crippen molar-refractivity contribution in [3.63, 3.8) is 0 Å². The molecule has 4 nitrogen and oxygen atoms in total. The molecule has 0 aliphatic heterocycles. The van der Waals surface area contributed by atoms with E-state index in [1.165, 1.54) is 54.7 Å². The molecule has 0 bridgehead atoms. The number of anilines is 3. The van der Waals surface area contributed by atoms with Crippen LogP contribution in [0.5, 0.6) is 0 Å². The molecule has 3 heterocycles. The number of fused-ring (bicyclic) bond motifs is 9. The van der Waals surface area contributed by atoms with Crippen molar-refractivity contribution in [3.05, 3.63) is 261 Å². The summed E-state index contributed by atoms with van der Waals surface area (Å²) in [6.07, 6.45) is 0. The Morgan fingerprint density at radius 3 is 1.24 bits per heavy atom. The summed E-state index contributed by atoms with van der Waals surface area (Å²) in [7, 11) is 0. The predicted octanol–water partition coefficient (Wildman–Crippen LogP) is 18.3. The lowest BCUT2D eigenvalue weighted by Crippen LogP contribution is -2.10. The fraction of sp³-hybridized carbons (Fsp3) is 0. The lowest BCUT2D eigenvalue weighted by molar-refractivity contribution is 0.669. The molecule has 14 rings (SSSR count). The molecule has 328 valence electrons. The molecule has 0 saturated carbocycles. The van der Waals surface area contributed by atoms with Gasteiger partial charge in [-0.2, -0.15) is 0 Å². The molecule has 0 atom stereocenters. The topological polar surface area (TPSA) is 26.2 Å². The number of para-hydroxylation sites is 6. The first-order valence-electron chi connectivity index (χ1n) is 23.9. The molecular weight excluding hydrogens is 851 g/mol. The zero-order valence-electron chi connectivity index (χ0n) is 38.1. The summed E-state index contributed by atoms with van der Waals surface area (Å²) in [6, 6.07) is 94.0. The smallest absolute Gasteiger partial charge is 0.159 e. The Balaban J connectivity index is 0.799. The van der Waals surface area contributed by atoms with Crippen molar-refractivity contribution in [2.24, 2.45) is 0 Å². The second-order valence-corrected chi connectivity index (χ2v) is 18.1. The molecule has 0 aliphatic rings. The van der Waals surface area contributed by atoms with Gasteiger partial charge in [0.25, 0.3) is 0 Å². The van der Waals surface area contributed by atoms with Crippen LogP contribution in [-0.2, 0) is 0 Å². The van der Waals surface area contributed by atoms with Crippen LogP contribution in [0, 0.1) is 0 Å². The lowest BCUT2D eigenvalue weighted by Gasteiger charge is -2.26. The van der Waals surface area contributed by atoms with E-state index in [9.17, 15) is 0 Å². The van der Waals surface area contributed by atoms with Crippen LogP contribution in [0.15, 0.2) is 265 Å². The zero-order chi connectivity index (χ0) is 46.1. The van der Waals surface area contributed by atoms with Crippen LogP contribution in [0.25, 0.3) is 110 Å². The first-order valence-corrected chi connectivity index (χ1v) is 23.9. The van der Waals surface area contributed by atoms with Crippen LogP contribution in [0.1, 0.15) is 0 Å². The SMILES string of the molecule is c1ccc(-n2c3ccccc3c3ccc(-c4ccc(-c5ccc(N(c6ccc(-c7ccc(-n8c9ccccc9c9ccccc98)cc7)cc6)c6cccc7c6oc6ccccc67)cc5)cc4)cc32)cc1. The Labute approximate surface area is 404 Å². The van der Waals surface area contributed by atoms with Crippen molar-refractivity contribution >= 4 is 82.6 Å². The average molecular weight is 894 g/mol. The van der Waals surface area contributed by atoms with Gasteiger partial charge < -0.3 is 18.5 Å². The largest absolute Gasteiger partial charge is 0.454 e. The Morgan fingerprint density at radius 2 is 0.671 bits per heavy atom. The highest BCUT2D eigenvalue weighted by atomic mass is 16.3. The first kappa shape index (κ1) is 39.8. The predicted molar refractivity (Wildman–Crippen MR) is 293 cm³/mol. The van der Waals surface area contributed by atoms with E-state index in [1.54, 1.807) is 0 Å². The third kappa shape index (κ3) is 6.46. The number of hydrogen-bond acceptors (Lipinski definition) is 2. The van der Waals surface area contributed by atoms with Crippen LogP contribution in [0.3, 0.4) is 0 Å². The molecule has 0 radical (unpaired) electrons. The minimum Gasteiger partial charge on any atom is -0.454 e. The van der Waals surface area contributed by atoms with Crippen molar-refractivity contribution in [3.8, 4) is 44.8 Å². The molecule has 70 heavy (non-hydrogen) atoms. The van der Waals surface area contributed by atoms with Crippen LogP contribution >= 0.6 is 0 Å². The maximum atomic E-state index is 6.66. The monoisotopic (exact) mass is 893 g/mol. The van der Waals surface area contributed by atoms with Crippen molar-refractivity contribution in [1.29, 1.82) is 0 Å². The number of rotatable bonds is 8. The van der Waals surface area contributed by atoms with Gasteiger partial charge in [0.2, 0.25) is 0 Å². The zero-order valence-corrected chi connectivity index (χ0v) is 38.1. The van der Waals surface area contributed by atoms with Crippen molar-refractivity contribution < 1.29 is 4.42 Å². The summed E-state index contributed by atoms with van der Waals surface area (Å²) in [6.45, 7) is 0. The Hall–Kier alpha value is -9.38. The van der Waals surface area contributed by atoms with Gasteiger partial charge in [0.15, 0.2) is 5.58 Å². The standard InChI is InChI=1S/C66H43N3O/c1-2-13-50(14-3-1)69-62-22-10-6-17-56(62)57-42-35-49(43-64(57)69)48-27-25-44(26-28-48)45-29-36-51(37-30-45)67(63-23-12-19-59-58-18-7-11-24-65(58)70-66(59)63)52-38-31-46(32-39-52)47-33-40-53(41-34-47)68-60-20-8-4-15-54(60)55-16-5-9-21-61(55)68/h1-43H. The molecule has 4 heteroatoms. The van der Waals surface area contributed by atoms with Crippen LogP contribution in [-0.4, -0.2) is 9.13 Å². The van der Waals surface area contributed by atoms with E-state index < -0.39 is 0 Å². The number of aromatic nitrogens is 2. The number of nitrogens with zero attached hydrogens (tertiary/aromatic N) is 3. The summed E-state index contributed by atoms with van der Waals surface area (Å²) in [5.74, 6) is 0. The van der Waals surface area contributed by atoms with Crippen molar-refractivity contribution in [1.82, 2.24) is 9.13 Å². The number of furan rings is 1. The van der Waals surface area contributed by atoms with Crippen LogP contribution in [0.4, 0.5) is 17.1 Å². The van der Waals surface area contributed by atoms with E-state index in [-0.39, 0.29) is 0 Å². The summed E-state index contributed by atoms with van der Waals surface area (Å²) in [4.78, 5) is 2.32. The molecule has 0 fully saturated rings. The highest BCUT2D eigenvalue weighted by Crippen LogP contribution is 2.44. The highest BCUT2D eigenvalue weighted by molar-refractivity contribution is 6.12. The van der Waals surface area contributed by atoms with E-state index in [1.807, 2.05) is 12.1 Å². The molecule has 0 saturated heterocycles. The molecule has 0 amide bonds.